The lowest BCUT2D eigenvalue weighted by Gasteiger charge is -2.39. The monoisotopic (exact) mass is 260 g/mol. The maximum absolute atomic E-state index is 4.26. The third-order valence-corrected chi connectivity index (χ3v) is 4.82. The van der Waals surface area contributed by atoms with Crippen LogP contribution in [0.5, 0.6) is 0 Å². The topological polar surface area (TPSA) is 24.9 Å². The van der Waals surface area contributed by atoms with Gasteiger partial charge < -0.3 is 5.32 Å². The van der Waals surface area contributed by atoms with Gasteiger partial charge in [-0.15, -0.1) is 0 Å². The van der Waals surface area contributed by atoms with Crippen LogP contribution in [-0.4, -0.2) is 12.0 Å². The van der Waals surface area contributed by atoms with Crippen LogP contribution in [0.2, 0.25) is 0 Å². The molecule has 0 aromatic carbocycles. The fourth-order valence-electron chi connectivity index (χ4n) is 3.55. The van der Waals surface area contributed by atoms with E-state index in [4.69, 9.17) is 0 Å². The van der Waals surface area contributed by atoms with Gasteiger partial charge >= 0.3 is 0 Å². The second-order valence-corrected chi connectivity index (χ2v) is 7.03. The SMILES string of the molecule is CNC(c1cccnc1)C1CCC(C(C)(C)C)CC1. The maximum atomic E-state index is 4.26. The second kappa shape index (κ2) is 6.04. The van der Waals surface area contributed by atoms with E-state index in [1.54, 1.807) is 0 Å². The van der Waals surface area contributed by atoms with E-state index in [2.05, 4.69) is 44.2 Å². The van der Waals surface area contributed by atoms with Gasteiger partial charge in [0.05, 0.1) is 0 Å². The number of rotatable bonds is 3. The Morgan fingerprint density at radius 2 is 1.89 bits per heavy atom. The van der Waals surface area contributed by atoms with E-state index >= 15 is 0 Å². The molecule has 0 radical (unpaired) electrons. The molecule has 1 heterocycles. The molecule has 1 unspecified atom stereocenters. The zero-order valence-electron chi connectivity index (χ0n) is 12.8. The first-order valence-electron chi connectivity index (χ1n) is 7.59. The molecule has 2 heteroatoms. The van der Waals surface area contributed by atoms with Crippen LogP contribution >= 0.6 is 0 Å². The van der Waals surface area contributed by atoms with E-state index in [0.717, 1.165) is 11.8 Å². The van der Waals surface area contributed by atoms with Crippen molar-refractivity contribution in [2.45, 2.75) is 52.5 Å². The molecule has 2 nitrogen and oxygen atoms in total. The summed E-state index contributed by atoms with van der Waals surface area (Å²) in [6, 6.07) is 4.71. The summed E-state index contributed by atoms with van der Waals surface area (Å²) in [6.07, 6.45) is 9.27. The molecule has 0 bridgehead atoms. The van der Waals surface area contributed by atoms with Crippen LogP contribution in [0.25, 0.3) is 0 Å². The summed E-state index contributed by atoms with van der Waals surface area (Å²) in [4.78, 5) is 4.26. The number of nitrogens with zero attached hydrogens (tertiary/aromatic N) is 1. The molecule has 1 aliphatic rings. The third-order valence-electron chi connectivity index (χ3n) is 4.82. The Morgan fingerprint density at radius 1 is 1.21 bits per heavy atom. The van der Waals surface area contributed by atoms with Crippen LogP contribution in [0.4, 0.5) is 0 Å². The number of hydrogen-bond acceptors (Lipinski definition) is 2. The Hall–Kier alpha value is -0.890. The van der Waals surface area contributed by atoms with Crippen LogP contribution in [0.3, 0.4) is 0 Å². The van der Waals surface area contributed by atoms with Crippen molar-refractivity contribution in [3.8, 4) is 0 Å². The quantitative estimate of drug-likeness (QED) is 0.881. The fraction of sp³-hybridized carbons (Fsp3) is 0.706. The molecular formula is C17H28N2. The van der Waals surface area contributed by atoms with Gasteiger partial charge in [-0.3, -0.25) is 4.98 Å². The molecule has 0 aliphatic heterocycles. The molecule has 0 amide bonds. The average Bonchev–Trinajstić information content (AvgIpc) is 2.40. The van der Waals surface area contributed by atoms with Crippen LogP contribution < -0.4 is 5.32 Å². The third kappa shape index (κ3) is 3.56. The lowest BCUT2D eigenvalue weighted by molar-refractivity contribution is 0.134. The van der Waals surface area contributed by atoms with Crippen molar-refractivity contribution in [3.05, 3.63) is 30.1 Å². The molecule has 106 valence electrons. The molecule has 0 spiro atoms. The summed E-state index contributed by atoms with van der Waals surface area (Å²) in [6.45, 7) is 7.15. The van der Waals surface area contributed by atoms with Crippen molar-refractivity contribution in [1.82, 2.24) is 10.3 Å². The first-order valence-corrected chi connectivity index (χ1v) is 7.59. The summed E-state index contributed by atoms with van der Waals surface area (Å²) < 4.78 is 0. The normalized spacial score (nSPS) is 26.1. The Bertz CT molecular complexity index is 372. The summed E-state index contributed by atoms with van der Waals surface area (Å²) in [5, 5.41) is 3.50. The number of pyridine rings is 1. The van der Waals surface area contributed by atoms with Gasteiger partial charge in [0.15, 0.2) is 0 Å². The molecule has 1 aromatic rings. The molecular weight excluding hydrogens is 232 g/mol. The van der Waals surface area contributed by atoms with Crippen LogP contribution in [0, 0.1) is 17.3 Å². The van der Waals surface area contributed by atoms with Gasteiger partial charge in [-0.2, -0.15) is 0 Å². The van der Waals surface area contributed by atoms with Gasteiger partial charge in [-0.25, -0.2) is 0 Å². The number of aromatic nitrogens is 1. The molecule has 1 saturated carbocycles. The lowest BCUT2D eigenvalue weighted by atomic mass is 9.68. The standard InChI is InChI=1S/C17H28N2/c1-17(2,3)15-9-7-13(8-10-15)16(18-4)14-6-5-11-19-12-14/h5-6,11-13,15-16,18H,7-10H2,1-4H3. The summed E-state index contributed by atoms with van der Waals surface area (Å²) >= 11 is 0. The van der Waals surface area contributed by atoms with Crippen molar-refractivity contribution in [2.24, 2.45) is 17.3 Å². The number of hydrogen-bond donors (Lipinski definition) is 1. The van der Waals surface area contributed by atoms with E-state index in [1.165, 1.54) is 31.2 Å². The van der Waals surface area contributed by atoms with Gasteiger partial charge in [0.1, 0.15) is 0 Å². The fourth-order valence-corrected chi connectivity index (χ4v) is 3.55. The van der Waals surface area contributed by atoms with E-state index < -0.39 is 0 Å². The minimum atomic E-state index is 0.467. The van der Waals surface area contributed by atoms with Crippen molar-refractivity contribution < 1.29 is 0 Å². The second-order valence-electron chi connectivity index (χ2n) is 7.03. The smallest absolute Gasteiger partial charge is 0.0361 e. The predicted molar refractivity (Wildman–Crippen MR) is 80.9 cm³/mol. The highest BCUT2D eigenvalue weighted by atomic mass is 14.9. The van der Waals surface area contributed by atoms with Crippen LogP contribution in [0.1, 0.15) is 58.1 Å². The first-order chi connectivity index (χ1) is 9.02. The van der Waals surface area contributed by atoms with Gasteiger partial charge in [0, 0.05) is 18.4 Å². The number of nitrogens with one attached hydrogen (secondary N) is 1. The predicted octanol–water partition coefficient (Wildman–Crippen LogP) is 4.19. The highest BCUT2D eigenvalue weighted by molar-refractivity contribution is 5.15. The molecule has 1 aliphatic carbocycles. The zero-order chi connectivity index (χ0) is 13.9. The summed E-state index contributed by atoms with van der Waals surface area (Å²) in [5.74, 6) is 1.64. The molecule has 1 fully saturated rings. The molecule has 1 N–H and O–H groups in total. The lowest BCUT2D eigenvalue weighted by Crippen LogP contribution is -2.32. The van der Waals surface area contributed by atoms with Gasteiger partial charge in [-0.1, -0.05) is 26.8 Å². The Morgan fingerprint density at radius 3 is 2.37 bits per heavy atom. The molecule has 1 atom stereocenters. The zero-order valence-corrected chi connectivity index (χ0v) is 12.8. The summed E-state index contributed by atoms with van der Waals surface area (Å²) in [5.41, 5.74) is 1.80. The minimum Gasteiger partial charge on any atom is -0.313 e. The molecule has 0 saturated heterocycles. The highest BCUT2D eigenvalue weighted by Gasteiger charge is 2.32. The maximum Gasteiger partial charge on any atom is 0.0361 e. The Balaban J connectivity index is 2.00. The van der Waals surface area contributed by atoms with Gasteiger partial charge in [0.2, 0.25) is 0 Å². The largest absolute Gasteiger partial charge is 0.313 e. The minimum absolute atomic E-state index is 0.467. The van der Waals surface area contributed by atoms with E-state index in [0.29, 0.717) is 11.5 Å². The van der Waals surface area contributed by atoms with Crippen LogP contribution in [0.15, 0.2) is 24.5 Å². The van der Waals surface area contributed by atoms with E-state index in [1.807, 2.05) is 18.5 Å². The summed E-state index contributed by atoms with van der Waals surface area (Å²) in [7, 11) is 2.08. The van der Waals surface area contributed by atoms with Crippen molar-refractivity contribution in [3.63, 3.8) is 0 Å². The van der Waals surface area contributed by atoms with E-state index in [-0.39, 0.29) is 0 Å². The van der Waals surface area contributed by atoms with Crippen molar-refractivity contribution in [2.75, 3.05) is 7.05 Å². The molecule has 1 aromatic heterocycles. The first kappa shape index (κ1) is 14.5. The van der Waals surface area contributed by atoms with Crippen LogP contribution in [-0.2, 0) is 0 Å². The average molecular weight is 260 g/mol. The molecule has 19 heavy (non-hydrogen) atoms. The highest BCUT2D eigenvalue weighted by Crippen LogP contribution is 2.43. The van der Waals surface area contributed by atoms with E-state index in [9.17, 15) is 0 Å². The van der Waals surface area contributed by atoms with Gasteiger partial charge in [-0.05, 0) is 61.6 Å². The Labute approximate surface area is 118 Å². The molecule has 2 rings (SSSR count). The Kier molecular flexibility index (Phi) is 4.62. The van der Waals surface area contributed by atoms with Crippen molar-refractivity contribution in [1.29, 1.82) is 0 Å². The van der Waals surface area contributed by atoms with Crippen molar-refractivity contribution >= 4 is 0 Å². The van der Waals surface area contributed by atoms with Gasteiger partial charge in [0.25, 0.3) is 0 Å².